The Kier molecular flexibility index (Phi) is 5.05. The molecule has 2 N–H and O–H groups in total. The fourth-order valence-electron chi connectivity index (χ4n) is 3.65. The third-order valence-electron chi connectivity index (χ3n) is 5.31. The van der Waals surface area contributed by atoms with E-state index in [2.05, 4.69) is 25.2 Å². The average Bonchev–Trinajstić information content (AvgIpc) is 2.80. The van der Waals surface area contributed by atoms with Crippen molar-refractivity contribution in [3.8, 4) is 11.3 Å². The van der Waals surface area contributed by atoms with Gasteiger partial charge >= 0.3 is 0 Å². The van der Waals surface area contributed by atoms with Crippen molar-refractivity contribution < 1.29 is 4.74 Å². The van der Waals surface area contributed by atoms with Gasteiger partial charge in [-0.25, -0.2) is 9.97 Å². The lowest BCUT2D eigenvalue weighted by atomic mass is 10.1. The molecule has 0 aromatic carbocycles. The van der Waals surface area contributed by atoms with Crippen LogP contribution in [0, 0.1) is 6.92 Å². The third kappa shape index (κ3) is 3.97. The molecule has 0 amide bonds. The highest BCUT2D eigenvalue weighted by molar-refractivity contribution is 5.95. The van der Waals surface area contributed by atoms with Crippen molar-refractivity contribution in [1.29, 1.82) is 0 Å². The van der Waals surface area contributed by atoms with Crippen LogP contribution in [0.2, 0.25) is 0 Å². The van der Waals surface area contributed by atoms with Crippen LogP contribution in [-0.2, 0) is 4.74 Å². The summed E-state index contributed by atoms with van der Waals surface area (Å²) in [6, 6.07) is 11.6. The number of anilines is 3. The van der Waals surface area contributed by atoms with E-state index in [9.17, 15) is 4.79 Å². The number of nitrogens with one attached hydrogen (secondary N) is 2. The number of rotatable bonds is 4. The fraction of sp³-hybridized carbons (Fsp3) is 0.217. The molecule has 4 aromatic heterocycles. The summed E-state index contributed by atoms with van der Waals surface area (Å²) in [5, 5.41) is 4.59. The maximum Gasteiger partial charge on any atom is 0.259 e. The molecule has 0 atom stereocenters. The first-order valence-electron chi connectivity index (χ1n) is 10.2. The molecule has 1 fully saturated rings. The number of aromatic amines is 1. The first-order valence-corrected chi connectivity index (χ1v) is 10.2. The second-order valence-electron chi connectivity index (χ2n) is 7.44. The molecular formula is C23H22N6O2. The van der Waals surface area contributed by atoms with Gasteiger partial charge in [-0.1, -0.05) is 0 Å². The van der Waals surface area contributed by atoms with Gasteiger partial charge in [0.15, 0.2) is 0 Å². The Balaban J connectivity index is 1.52. The van der Waals surface area contributed by atoms with Crippen LogP contribution in [0.3, 0.4) is 0 Å². The summed E-state index contributed by atoms with van der Waals surface area (Å²) < 4.78 is 5.40. The lowest BCUT2D eigenvalue weighted by Crippen LogP contribution is -2.36. The molecule has 156 valence electrons. The van der Waals surface area contributed by atoms with E-state index in [1.54, 1.807) is 18.6 Å². The standard InChI is InChI=1S/C23H22N6O2/c1-15-2-3-17(13-25-15)19-12-16-6-7-24-23(30)21(16)22(28-19)27-18-4-5-20(26-14-18)29-8-10-31-11-9-29/h2-7,12-14H,8-11H2,1H3,(H,24,30)(H,27,28). The van der Waals surface area contributed by atoms with Crippen molar-refractivity contribution in [1.82, 2.24) is 19.9 Å². The molecule has 8 heteroatoms. The Morgan fingerprint density at radius 3 is 2.68 bits per heavy atom. The molecule has 0 spiro atoms. The Hall–Kier alpha value is -3.78. The second-order valence-corrected chi connectivity index (χ2v) is 7.44. The summed E-state index contributed by atoms with van der Waals surface area (Å²) >= 11 is 0. The first-order chi connectivity index (χ1) is 15.2. The van der Waals surface area contributed by atoms with E-state index in [-0.39, 0.29) is 5.56 Å². The lowest BCUT2D eigenvalue weighted by molar-refractivity contribution is 0.122. The van der Waals surface area contributed by atoms with Gasteiger partial charge in [0, 0.05) is 36.7 Å². The van der Waals surface area contributed by atoms with Crippen molar-refractivity contribution in [2.75, 3.05) is 36.5 Å². The first kappa shape index (κ1) is 19.2. The van der Waals surface area contributed by atoms with Gasteiger partial charge in [-0.15, -0.1) is 0 Å². The average molecular weight is 414 g/mol. The van der Waals surface area contributed by atoms with Gasteiger partial charge in [0.05, 0.1) is 36.2 Å². The summed E-state index contributed by atoms with van der Waals surface area (Å²) in [6.07, 6.45) is 5.19. The van der Waals surface area contributed by atoms with E-state index >= 15 is 0 Å². The van der Waals surface area contributed by atoms with Crippen LogP contribution < -0.4 is 15.8 Å². The van der Waals surface area contributed by atoms with Crippen molar-refractivity contribution in [2.24, 2.45) is 0 Å². The van der Waals surface area contributed by atoms with Crippen molar-refractivity contribution in [3.05, 3.63) is 71.0 Å². The Labute approximate surface area is 179 Å². The van der Waals surface area contributed by atoms with Crippen molar-refractivity contribution in [2.45, 2.75) is 6.92 Å². The molecule has 8 nitrogen and oxygen atoms in total. The van der Waals surface area contributed by atoms with E-state index in [4.69, 9.17) is 9.72 Å². The van der Waals surface area contributed by atoms with E-state index in [0.29, 0.717) is 24.4 Å². The molecule has 0 saturated carbocycles. The van der Waals surface area contributed by atoms with Gasteiger partial charge in [0.1, 0.15) is 11.6 Å². The Morgan fingerprint density at radius 2 is 1.94 bits per heavy atom. The summed E-state index contributed by atoms with van der Waals surface area (Å²) in [6.45, 7) is 5.02. The van der Waals surface area contributed by atoms with Crippen LogP contribution in [0.1, 0.15) is 5.69 Å². The predicted molar refractivity (Wildman–Crippen MR) is 121 cm³/mol. The largest absolute Gasteiger partial charge is 0.378 e. The minimum absolute atomic E-state index is 0.195. The summed E-state index contributed by atoms with van der Waals surface area (Å²) in [7, 11) is 0. The van der Waals surface area contributed by atoms with Crippen molar-refractivity contribution >= 4 is 28.1 Å². The maximum absolute atomic E-state index is 12.6. The van der Waals surface area contributed by atoms with Gasteiger partial charge < -0.3 is 19.9 Å². The number of hydrogen-bond donors (Lipinski definition) is 2. The smallest absolute Gasteiger partial charge is 0.259 e. The molecule has 5 heterocycles. The minimum Gasteiger partial charge on any atom is -0.378 e. The zero-order valence-corrected chi connectivity index (χ0v) is 17.1. The van der Waals surface area contributed by atoms with Crippen LogP contribution in [-0.4, -0.2) is 46.2 Å². The predicted octanol–water partition coefficient (Wildman–Crippen LogP) is 3.27. The Bertz CT molecular complexity index is 1260. The van der Waals surface area contributed by atoms with Gasteiger partial charge in [-0.2, -0.15) is 0 Å². The lowest BCUT2D eigenvalue weighted by Gasteiger charge is -2.27. The highest BCUT2D eigenvalue weighted by Gasteiger charge is 2.14. The fourth-order valence-corrected chi connectivity index (χ4v) is 3.65. The molecule has 31 heavy (non-hydrogen) atoms. The van der Waals surface area contributed by atoms with E-state index < -0.39 is 0 Å². The molecule has 0 aliphatic carbocycles. The van der Waals surface area contributed by atoms with E-state index in [1.165, 1.54) is 0 Å². The van der Waals surface area contributed by atoms with Gasteiger partial charge in [0.2, 0.25) is 0 Å². The molecular weight excluding hydrogens is 392 g/mol. The number of morpholine rings is 1. The van der Waals surface area contributed by atoms with Crippen LogP contribution >= 0.6 is 0 Å². The highest BCUT2D eigenvalue weighted by atomic mass is 16.5. The highest BCUT2D eigenvalue weighted by Crippen LogP contribution is 2.28. The van der Waals surface area contributed by atoms with Crippen molar-refractivity contribution in [3.63, 3.8) is 0 Å². The van der Waals surface area contributed by atoms with Crippen LogP contribution in [0.4, 0.5) is 17.3 Å². The van der Waals surface area contributed by atoms with E-state index in [0.717, 1.165) is 46.9 Å². The molecule has 1 saturated heterocycles. The molecule has 0 unspecified atom stereocenters. The SMILES string of the molecule is Cc1ccc(-c2cc3cc[nH]c(=O)c3c(Nc3ccc(N4CCOCC4)nc3)n2)cn1. The van der Waals surface area contributed by atoms with Gasteiger partial charge in [-0.05, 0) is 48.7 Å². The number of nitrogens with zero attached hydrogens (tertiary/aromatic N) is 4. The quantitative estimate of drug-likeness (QED) is 0.529. The molecule has 4 aromatic rings. The summed E-state index contributed by atoms with van der Waals surface area (Å²) in [5.74, 6) is 1.39. The topological polar surface area (TPSA) is 96.0 Å². The molecule has 0 radical (unpaired) electrons. The number of aryl methyl sites for hydroxylation is 1. The number of fused-ring (bicyclic) bond motifs is 1. The normalized spacial score (nSPS) is 14.0. The molecule has 1 aliphatic rings. The molecule has 5 rings (SSSR count). The van der Waals surface area contributed by atoms with Crippen LogP contribution in [0.25, 0.3) is 22.0 Å². The van der Waals surface area contributed by atoms with Gasteiger partial charge in [-0.3, -0.25) is 9.78 Å². The number of pyridine rings is 4. The number of hydrogen-bond acceptors (Lipinski definition) is 7. The molecule has 0 bridgehead atoms. The maximum atomic E-state index is 12.6. The molecule has 1 aliphatic heterocycles. The van der Waals surface area contributed by atoms with Gasteiger partial charge in [0.25, 0.3) is 5.56 Å². The summed E-state index contributed by atoms with van der Waals surface area (Å²) in [5.41, 5.74) is 3.13. The van der Waals surface area contributed by atoms with E-state index in [1.807, 2.05) is 43.3 Å². The zero-order chi connectivity index (χ0) is 21.2. The monoisotopic (exact) mass is 414 g/mol. The number of aromatic nitrogens is 4. The minimum atomic E-state index is -0.195. The number of H-pyrrole nitrogens is 1. The number of ether oxygens (including phenoxy) is 1. The zero-order valence-electron chi connectivity index (χ0n) is 17.1. The van der Waals surface area contributed by atoms with Crippen LogP contribution in [0.5, 0.6) is 0 Å². The second kappa shape index (κ2) is 8.16. The van der Waals surface area contributed by atoms with Crippen LogP contribution in [0.15, 0.2) is 59.8 Å². The third-order valence-corrected chi connectivity index (χ3v) is 5.31. The Morgan fingerprint density at radius 1 is 1.06 bits per heavy atom. The summed E-state index contributed by atoms with van der Waals surface area (Å²) in [4.78, 5) is 31.2.